The van der Waals surface area contributed by atoms with Gasteiger partial charge in [0.15, 0.2) is 0 Å². The van der Waals surface area contributed by atoms with E-state index in [4.69, 9.17) is 18.9 Å². The molecule has 0 aromatic rings. The predicted octanol–water partition coefficient (Wildman–Crippen LogP) is -3.63. The molecule has 0 radical (unpaired) electrons. The van der Waals surface area contributed by atoms with Crippen molar-refractivity contribution in [1.82, 2.24) is 4.90 Å². The van der Waals surface area contributed by atoms with Crippen molar-refractivity contribution in [3.63, 3.8) is 0 Å². The Bertz CT molecular complexity index is 1790. The van der Waals surface area contributed by atoms with Crippen LogP contribution in [0.2, 0.25) is 0 Å². The minimum Gasteiger partial charge on any atom is -0.726 e. The summed E-state index contributed by atoms with van der Waals surface area (Å²) in [6, 6.07) is -1.32. The zero-order chi connectivity index (χ0) is 56.8. The second-order valence-corrected chi connectivity index (χ2v) is 23.2. The van der Waals surface area contributed by atoms with Crippen LogP contribution in [0.25, 0.3) is 0 Å². The summed E-state index contributed by atoms with van der Waals surface area (Å²) in [7, 11) is -20.2. The molecule has 0 bridgehead atoms. The maximum absolute atomic E-state index is 14.0. The number of hydrogen-bond acceptors (Lipinski definition) is 21. The van der Waals surface area contributed by atoms with E-state index in [1.54, 1.807) is 0 Å². The van der Waals surface area contributed by atoms with Gasteiger partial charge in [-0.15, -0.1) is 0 Å². The summed E-state index contributed by atoms with van der Waals surface area (Å²) in [6.07, 6.45) is 36.5. The summed E-state index contributed by atoms with van der Waals surface area (Å²) in [5.41, 5.74) is 0. The topological polar surface area (TPSA) is 323 Å². The fourth-order valence-electron chi connectivity index (χ4n) is 7.67. The second-order valence-electron chi connectivity index (χ2n) is 19.0. The first-order chi connectivity index (χ1) is 36.0. The number of carbonyl (C=O) groups is 1. The van der Waals surface area contributed by atoms with Gasteiger partial charge >= 0.3 is 118 Å². The van der Waals surface area contributed by atoms with Gasteiger partial charge < -0.3 is 42.1 Å². The molecule has 0 spiro atoms. The third-order valence-electron chi connectivity index (χ3n) is 12.1. The van der Waals surface area contributed by atoms with Gasteiger partial charge in [-0.2, -0.15) is 0 Å². The van der Waals surface area contributed by atoms with E-state index in [9.17, 15) is 56.7 Å². The van der Waals surface area contributed by atoms with Crippen LogP contribution in [0.5, 0.6) is 0 Å². The molecule has 1 unspecified atom stereocenters. The van der Waals surface area contributed by atoms with E-state index >= 15 is 0 Å². The SMILES string of the molecule is CCCCCCCC/C=C\CCCCCCCCOCC(CC(=O)N(C)C(COC(COS(=O)(=O)[O-])COS(=O)(=O)[O-])COC(COS(=O)(=O)[O-])COS(=O)(=O)[O-])OCCCCCCCC/C=C\CCCCCCCC.[Na+].[Na+].[Na+].[Na+]. The Morgan fingerprint density at radius 3 is 0.988 bits per heavy atom. The molecule has 0 aliphatic rings. The maximum Gasteiger partial charge on any atom is 1.00 e. The first kappa shape index (κ1) is 91.0. The van der Waals surface area contributed by atoms with Gasteiger partial charge in [-0.1, -0.05) is 154 Å². The molecule has 0 N–H and O–H groups in total. The average Bonchev–Trinajstić information content (AvgIpc) is 3.34. The van der Waals surface area contributed by atoms with Gasteiger partial charge in [-0.05, 0) is 64.2 Å². The molecule has 0 saturated carbocycles. The van der Waals surface area contributed by atoms with Gasteiger partial charge in [-0.25, -0.2) is 33.7 Å². The van der Waals surface area contributed by atoms with Crippen LogP contribution in [0.3, 0.4) is 0 Å². The molecule has 1 amide bonds. The molecule has 0 aromatic heterocycles. The largest absolute Gasteiger partial charge is 1.00 e. The molecule has 0 aromatic carbocycles. The zero-order valence-corrected chi connectivity index (χ0v) is 60.9. The molecular weight excluding hydrogens is 1170 g/mol. The van der Waals surface area contributed by atoms with E-state index in [0.717, 1.165) is 101 Å². The number of amides is 1. The van der Waals surface area contributed by atoms with Gasteiger partial charge in [0.05, 0.1) is 64.8 Å². The number of likely N-dealkylation sites (N-methyl/N-ethyl adjacent to an activating group) is 1. The number of ether oxygens (including phenoxy) is 4. The minimum absolute atomic E-state index is 0. The van der Waals surface area contributed by atoms with Crippen molar-refractivity contribution in [2.45, 2.75) is 224 Å². The summed E-state index contributed by atoms with van der Waals surface area (Å²) >= 11 is 0. The Kier molecular flexibility index (Phi) is 67.0. The number of nitrogens with zero attached hydrogens (tertiary/aromatic N) is 1. The van der Waals surface area contributed by atoms with Crippen LogP contribution in [0, 0.1) is 0 Å². The van der Waals surface area contributed by atoms with Crippen LogP contribution >= 0.6 is 0 Å². The van der Waals surface area contributed by atoms with Crippen LogP contribution < -0.4 is 118 Å². The summed E-state index contributed by atoms with van der Waals surface area (Å²) in [6.45, 7) is -0.840. The second kappa shape index (κ2) is 58.9. The van der Waals surface area contributed by atoms with Gasteiger partial charge in [0.2, 0.25) is 47.5 Å². The summed E-state index contributed by atoms with van der Waals surface area (Å²) in [5, 5.41) is 0. The maximum atomic E-state index is 14.0. The Hall–Kier alpha value is 2.27. The van der Waals surface area contributed by atoms with Crippen molar-refractivity contribution in [2.75, 3.05) is 66.5 Å². The normalized spacial score (nSPS) is 12.7. The third kappa shape index (κ3) is 66.2. The zero-order valence-electron chi connectivity index (χ0n) is 49.6. The standard InChI is InChI=1S/C50H97NO21S4.4Na/c1-4-6-8-10-12-14-16-18-20-22-24-26-28-30-32-34-36-65-41-47(66-37-35-33-31-29-27-25-23-21-19-17-15-13-11-9-7-5-2)38-50(52)51(3)46(39-67-48(42-69-73(53,54)55)43-70-74(56,57)58)40-68-49(44-71-75(59,60)61)45-72-76(62,63)64;;;;/h18-21,46-49H,4-17,22-45H2,1-3H3,(H,53,54,55)(H,56,57,58)(H,59,60,61)(H,62,63,64);;;;/q;4*+1/p-4/b20-18-,21-19-;;;;. The van der Waals surface area contributed by atoms with E-state index in [1.807, 2.05) is 0 Å². The minimum atomic E-state index is -5.37. The Morgan fingerprint density at radius 2 is 0.675 bits per heavy atom. The van der Waals surface area contributed by atoms with Gasteiger partial charge in [0.1, 0.15) is 12.2 Å². The number of carbonyl (C=O) groups excluding carboxylic acids is 1. The quantitative estimate of drug-likeness (QED) is 0.0187. The van der Waals surface area contributed by atoms with Crippen molar-refractivity contribution < 1.29 is 211 Å². The van der Waals surface area contributed by atoms with Gasteiger partial charge in [-0.3, -0.25) is 21.5 Å². The molecule has 452 valence electrons. The van der Waals surface area contributed by atoms with E-state index in [2.05, 4.69) is 54.9 Å². The van der Waals surface area contributed by atoms with Crippen LogP contribution in [-0.2, 0) is 82.1 Å². The van der Waals surface area contributed by atoms with E-state index in [0.29, 0.717) is 19.6 Å². The average molecular weight is 1260 g/mol. The van der Waals surface area contributed by atoms with Crippen molar-refractivity contribution in [2.24, 2.45) is 0 Å². The van der Waals surface area contributed by atoms with E-state index in [1.165, 1.54) is 84.1 Å². The smallest absolute Gasteiger partial charge is 0.726 e. The third-order valence-corrected chi connectivity index (χ3v) is 13.8. The predicted molar refractivity (Wildman–Crippen MR) is 283 cm³/mol. The van der Waals surface area contributed by atoms with Crippen LogP contribution in [0.4, 0.5) is 0 Å². The molecule has 0 aliphatic carbocycles. The van der Waals surface area contributed by atoms with Crippen LogP contribution in [-0.4, -0.2) is 154 Å². The monoisotopic (exact) mass is 1260 g/mol. The first-order valence-electron chi connectivity index (χ1n) is 27.4. The molecule has 0 rings (SSSR count). The van der Waals surface area contributed by atoms with Crippen LogP contribution in [0.15, 0.2) is 24.3 Å². The fourth-order valence-corrected chi connectivity index (χ4v) is 8.94. The molecule has 80 heavy (non-hydrogen) atoms. The summed E-state index contributed by atoms with van der Waals surface area (Å²) in [5.74, 6) is -0.620. The molecule has 22 nitrogen and oxygen atoms in total. The van der Waals surface area contributed by atoms with Crippen molar-refractivity contribution >= 4 is 47.5 Å². The summed E-state index contributed by atoms with van der Waals surface area (Å²) in [4.78, 5) is 15.0. The number of unbranched alkanes of at least 4 members (excludes halogenated alkanes) is 24. The molecule has 30 heteroatoms. The van der Waals surface area contributed by atoms with Gasteiger partial charge in [0.25, 0.3) is 0 Å². The van der Waals surface area contributed by atoms with Gasteiger partial charge in [0, 0.05) is 20.3 Å². The van der Waals surface area contributed by atoms with E-state index < -0.39 is 111 Å². The fraction of sp³-hybridized carbons (Fsp3) is 0.900. The molecule has 0 heterocycles. The molecule has 1 atom stereocenters. The Morgan fingerprint density at radius 1 is 0.388 bits per heavy atom. The van der Waals surface area contributed by atoms with Crippen molar-refractivity contribution in [3.8, 4) is 0 Å². The van der Waals surface area contributed by atoms with Crippen molar-refractivity contribution in [3.05, 3.63) is 24.3 Å². The van der Waals surface area contributed by atoms with E-state index in [-0.39, 0.29) is 131 Å². The molecule has 0 saturated heterocycles. The Balaban J connectivity index is -0.00000469. The number of hydrogen-bond donors (Lipinski definition) is 0. The molecule has 0 aliphatic heterocycles. The number of rotatable bonds is 56. The Labute approximate surface area is 571 Å². The first-order valence-corrected chi connectivity index (χ1v) is 32.8. The molecular formula is C50H93NNa4O21S4. The number of allylic oxidation sites excluding steroid dienone is 4. The molecule has 0 fully saturated rings. The van der Waals surface area contributed by atoms with Crippen molar-refractivity contribution in [1.29, 1.82) is 0 Å². The summed E-state index contributed by atoms with van der Waals surface area (Å²) < 4.78 is 174. The van der Waals surface area contributed by atoms with Crippen LogP contribution in [0.1, 0.15) is 200 Å².